The highest BCUT2D eigenvalue weighted by Crippen LogP contribution is 2.12. The SMILES string of the molecule is Cc1cc(COc2ccc(CNC(C)C)nc2)on1. The molecule has 0 amide bonds. The van der Waals surface area contributed by atoms with Crippen LogP contribution in [-0.4, -0.2) is 16.2 Å². The quantitative estimate of drug-likeness (QED) is 0.865. The molecular formula is C14H19N3O2. The fourth-order valence-electron chi connectivity index (χ4n) is 1.55. The maximum absolute atomic E-state index is 5.57. The van der Waals surface area contributed by atoms with Gasteiger partial charge in [-0.05, 0) is 19.1 Å². The Labute approximate surface area is 113 Å². The number of ether oxygens (including phenoxy) is 1. The second-order valence-electron chi connectivity index (χ2n) is 4.74. The second-order valence-corrected chi connectivity index (χ2v) is 4.74. The van der Waals surface area contributed by atoms with Gasteiger partial charge in [0.25, 0.3) is 0 Å². The topological polar surface area (TPSA) is 60.2 Å². The van der Waals surface area contributed by atoms with Gasteiger partial charge in [0.05, 0.1) is 17.6 Å². The summed E-state index contributed by atoms with van der Waals surface area (Å²) in [5.41, 5.74) is 1.85. The highest BCUT2D eigenvalue weighted by molar-refractivity contribution is 5.20. The molecule has 102 valence electrons. The first-order valence-electron chi connectivity index (χ1n) is 6.37. The van der Waals surface area contributed by atoms with Crippen LogP contribution < -0.4 is 10.1 Å². The van der Waals surface area contributed by atoms with Gasteiger partial charge in [-0.2, -0.15) is 0 Å². The van der Waals surface area contributed by atoms with Gasteiger partial charge in [0.1, 0.15) is 12.4 Å². The molecule has 0 aliphatic heterocycles. The van der Waals surface area contributed by atoms with Gasteiger partial charge in [0, 0.05) is 18.7 Å². The van der Waals surface area contributed by atoms with Gasteiger partial charge in [-0.15, -0.1) is 0 Å². The molecule has 0 aliphatic carbocycles. The predicted octanol–water partition coefficient (Wildman–Crippen LogP) is 2.46. The molecule has 0 unspecified atom stereocenters. The van der Waals surface area contributed by atoms with Gasteiger partial charge in [-0.1, -0.05) is 19.0 Å². The lowest BCUT2D eigenvalue weighted by molar-refractivity contribution is 0.248. The first-order valence-corrected chi connectivity index (χ1v) is 6.37. The third kappa shape index (κ3) is 4.37. The molecule has 0 bridgehead atoms. The standard InChI is InChI=1S/C14H19N3O2/c1-10(2)15-7-12-4-5-13(8-16-12)18-9-14-6-11(3)17-19-14/h4-6,8,10,15H,7,9H2,1-3H3. The Balaban J connectivity index is 1.84. The largest absolute Gasteiger partial charge is 0.484 e. The van der Waals surface area contributed by atoms with Crippen LogP contribution in [-0.2, 0) is 13.2 Å². The Morgan fingerprint density at radius 2 is 2.21 bits per heavy atom. The third-order valence-electron chi connectivity index (χ3n) is 2.55. The van der Waals surface area contributed by atoms with Crippen LogP contribution in [0.3, 0.4) is 0 Å². The molecule has 2 aromatic rings. The van der Waals surface area contributed by atoms with Gasteiger partial charge < -0.3 is 14.6 Å². The molecule has 0 fully saturated rings. The van der Waals surface area contributed by atoms with E-state index >= 15 is 0 Å². The Morgan fingerprint density at radius 1 is 1.37 bits per heavy atom. The zero-order chi connectivity index (χ0) is 13.7. The van der Waals surface area contributed by atoms with E-state index < -0.39 is 0 Å². The summed E-state index contributed by atoms with van der Waals surface area (Å²) in [6.45, 7) is 7.23. The molecule has 0 aliphatic rings. The first-order chi connectivity index (χ1) is 9.13. The van der Waals surface area contributed by atoms with Crippen molar-refractivity contribution >= 4 is 0 Å². The molecule has 2 heterocycles. The number of aryl methyl sites for hydroxylation is 1. The average Bonchev–Trinajstić information content (AvgIpc) is 2.81. The highest BCUT2D eigenvalue weighted by Gasteiger charge is 2.03. The maximum atomic E-state index is 5.57. The van der Waals surface area contributed by atoms with E-state index in [9.17, 15) is 0 Å². The molecule has 0 saturated carbocycles. The molecule has 1 N–H and O–H groups in total. The van der Waals surface area contributed by atoms with Crippen LogP contribution in [0.15, 0.2) is 28.9 Å². The van der Waals surface area contributed by atoms with Gasteiger partial charge in [-0.25, -0.2) is 0 Å². The molecule has 5 nitrogen and oxygen atoms in total. The van der Waals surface area contributed by atoms with E-state index in [2.05, 4.69) is 29.3 Å². The van der Waals surface area contributed by atoms with Gasteiger partial charge in [-0.3, -0.25) is 4.98 Å². The molecule has 19 heavy (non-hydrogen) atoms. The second kappa shape index (κ2) is 6.33. The smallest absolute Gasteiger partial charge is 0.174 e. The van der Waals surface area contributed by atoms with Crippen molar-refractivity contribution in [3.05, 3.63) is 41.5 Å². The first kappa shape index (κ1) is 13.5. The van der Waals surface area contributed by atoms with E-state index in [0.717, 1.165) is 23.7 Å². The van der Waals surface area contributed by atoms with E-state index in [1.54, 1.807) is 6.20 Å². The van der Waals surface area contributed by atoms with Crippen molar-refractivity contribution in [2.75, 3.05) is 0 Å². The lowest BCUT2D eigenvalue weighted by Crippen LogP contribution is -2.22. The van der Waals surface area contributed by atoms with Crippen molar-refractivity contribution in [3.63, 3.8) is 0 Å². The zero-order valence-corrected chi connectivity index (χ0v) is 11.5. The summed E-state index contributed by atoms with van der Waals surface area (Å²) in [5, 5.41) is 7.12. The molecule has 0 aromatic carbocycles. The van der Waals surface area contributed by atoms with Crippen molar-refractivity contribution in [1.82, 2.24) is 15.5 Å². The number of hydrogen-bond donors (Lipinski definition) is 1. The summed E-state index contributed by atoms with van der Waals surface area (Å²) >= 11 is 0. The normalized spacial score (nSPS) is 10.9. The maximum Gasteiger partial charge on any atom is 0.174 e. The van der Waals surface area contributed by atoms with E-state index in [4.69, 9.17) is 9.26 Å². The fraction of sp³-hybridized carbons (Fsp3) is 0.429. The van der Waals surface area contributed by atoms with Crippen LogP contribution in [0.25, 0.3) is 0 Å². The number of pyridine rings is 1. The lowest BCUT2D eigenvalue weighted by Gasteiger charge is -2.08. The van der Waals surface area contributed by atoms with Crippen LogP contribution >= 0.6 is 0 Å². The highest BCUT2D eigenvalue weighted by atomic mass is 16.5. The molecule has 0 spiro atoms. The monoisotopic (exact) mass is 261 g/mol. The number of aromatic nitrogens is 2. The lowest BCUT2D eigenvalue weighted by atomic mass is 10.3. The minimum absolute atomic E-state index is 0.367. The summed E-state index contributed by atoms with van der Waals surface area (Å²) in [7, 11) is 0. The predicted molar refractivity (Wildman–Crippen MR) is 71.8 cm³/mol. The van der Waals surface area contributed by atoms with Crippen molar-refractivity contribution in [2.45, 2.75) is 40.0 Å². The Bertz CT molecular complexity index is 506. The van der Waals surface area contributed by atoms with Gasteiger partial charge in [0.2, 0.25) is 0 Å². The van der Waals surface area contributed by atoms with Crippen molar-refractivity contribution in [2.24, 2.45) is 0 Å². The van der Waals surface area contributed by atoms with Crippen LogP contribution in [0.5, 0.6) is 5.75 Å². The molecule has 2 aromatic heterocycles. The molecule has 0 radical (unpaired) electrons. The summed E-state index contributed by atoms with van der Waals surface area (Å²) in [4.78, 5) is 4.33. The Morgan fingerprint density at radius 3 is 2.79 bits per heavy atom. The summed E-state index contributed by atoms with van der Waals surface area (Å²) in [6, 6.07) is 6.17. The summed E-state index contributed by atoms with van der Waals surface area (Å²) in [5.74, 6) is 1.44. The summed E-state index contributed by atoms with van der Waals surface area (Å²) in [6.07, 6.45) is 1.72. The number of nitrogens with one attached hydrogen (secondary N) is 1. The van der Waals surface area contributed by atoms with Crippen LogP contribution in [0.1, 0.15) is 31.0 Å². The molecule has 2 rings (SSSR count). The fourth-order valence-corrected chi connectivity index (χ4v) is 1.55. The minimum atomic E-state index is 0.367. The van der Waals surface area contributed by atoms with Gasteiger partial charge in [0.15, 0.2) is 5.76 Å². The van der Waals surface area contributed by atoms with E-state index in [1.807, 2.05) is 25.1 Å². The van der Waals surface area contributed by atoms with Crippen LogP contribution in [0.4, 0.5) is 0 Å². The van der Waals surface area contributed by atoms with Crippen molar-refractivity contribution in [1.29, 1.82) is 0 Å². The average molecular weight is 261 g/mol. The Kier molecular flexibility index (Phi) is 4.52. The third-order valence-corrected chi connectivity index (χ3v) is 2.55. The van der Waals surface area contributed by atoms with Crippen molar-refractivity contribution in [3.8, 4) is 5.75 Å². The van der Waals surface area contributed by atoms with Crippen LogP contribution in [0, 0.1) is 6.92 Å². The van der Waals surface area contributed by atoms with Crippen LogP contribution in [0.2, 0.25) is 0 Å². The Hall–Kier alpha value is -1.88. The zero-order valence-electron chi connectivity index (χ0n) is 11.5. The number of rotatable bonds is 6. The van der Waals surface area contributed by atoms with E-state index in [0.29, 0.717) is 18.4 Å². The summed E-state index contributed by atoms with van der Waals surface area (Å²) < 4.78 is 10.6. The minimum Gasteiger partial charge on any atom is -0.484 e. The van der Waals surface area contributed by atoms with Gasteiger partial charge >= 0.3 is 0 Å². The van der Waals surface area contributed by atoms with Crippen molar-refractivity contribution < 1.29 is 9.26 Å². The molecule has 0 atom stereocenters. The van der Waals surface area contributed by atoms with E-state index in [-0.39, 0.29) is 0 Å². The molecular weight excluding hydrogens is 242 g/mol. The number of hydrogen-bond acceptors (Lipinski definition) is 5. The van der Waals surface area contributed by atoms with E-state index in [1.165, 1.54) is 0 Å². The molecule has 0 saturated heterocycles. The number of nitrogens with zero attached hydrogens (tertiary/aromatic N) is 2. The molecule has 5 heteroatoms.